The van der Waals surface area contributed by atoms with Gasteiger partial charge in [0.15, 0.2) is 0 Å². The van der Waals surface area contributed by atoms with E-state index in [0.717, 1.165) is 0 Å². The smallest absolute Gasteiger partial charge is 0.302 e. The molecule has 0 aromatic rings. The van der Waals surface area contributed by atoms with Gasteiger partial charge in [0.2, 0.25) is 0 Å². The zero-order chi connectivity index (χ0) is 7.70. The van der Waals surface area contributed by atoms with E-state index in [4.69, 9.17) is 5.11 Å². The minimum absolute atomic E-state index is 0. The molecule has 0 unspecified atom stereocenters. The fourth-order valence-corrected chi connectivity index (χ4v) is 0.203. The number of hydrogen-bond donors (Lipinski definition) is 1. The number of carbonyl (C=O) groups excluding carboxylic acids is 1. The summed E-state index contributed by atoms with van der Waals surface area (Å²) in [7, 11) is 0. The van der Waals surface area contributed by atoms with Gasteiger partial charge in [0.1, 0.15) is 0 Å². The molecular weight excluding hydrogens is 143 g/mol. The Hall–Kier alpha value is 0.430. The molecule has 1 N–H and O–H groups in total. The second kappa shape index (κ2) is 16.2. The van der Waals surface area contributed by atoms with Gasteiger partial charge < -0.3 is 9.84 Å². The zero-order valence-corrected chi connectivity index (χ0v) is 9.18. The average Bonchev–Trinajstić information content (AvgIpc) is 1.67. The minimum atomic E-state index is -0.211. The van der Waals surface area contributed by atoms with E-state index < -0.39 is 0 Å². The summed E-state index contributed by atoms with van der Waals surface area (Å²) < 4.78 is 4.40. The molecule has 0 aromatic heterocycles. The van der Waals surface area contributed by atoms with Crippen LogP contribution in [0, 0.1) is 0 Å². The van der Waals surface area contributed by atoms with Crippen molar-refractivity contribution in [2.45, 2.75) is 20.8 Å². The molecule has 0 bridgehead atoms. The summed E-state index contributed by atoms with van der Waals surface area (Å²) >= 11 is 0. The van der Waals surface area contributed by atoms with E-state index in [1.54, 1.807) is 13.8 Å². The molecule has 0 rings (SSSR count). The van der Waals surface area contributed by atoms with Crippen molar-refractivity contribution >= 4 is 35.5 Å². The molecule has 0 aliphatic rings. The monoisotopic (exact) mass is 157 g/mol. The molecule has 3 nitrogen and oxygen atoms in total. The SMILES string of the molecule is CCO.CCOC(C)=O.[Na]. The van der Waals surface area contributed by atoms with Gasteiger partial charge in [-0.3, -0.25) is 4.79 Å². The van der Waals surface area contributed by atoms with E-state index in [0.29, 0.717) is 6.61 Å². The van der Waals surface area contributed by atoms with E-state index in [1.807, 2.05) is 0 Å². The van der Waals surface area contributed by atoms with Crippen LogP contribution in [0.15, 0.2) is 0 Å². The van der Waals surface area contributed by atoms with Crippen molar-refractivity contribution in [2.24, 2.45) is 0 Å². The Balaban J connectivity index is -0.000000107. The molecule has 0 aromatic carbocycles. The molecule has 0 aliphatic heterocycles. The van der Waals surface area contributed by atoms with Gasteiger partial charge in [-0.15, -0.1) is 0 Å². The molecule has 0 saturated heterocycles. The quantitative estimate of drug-likeness (QED) is 0.436. The first-order valence-corrected chi connectivity index (χ1v) is 2.93. The summed E-state index contributed by atoms with van der Waals surface area (Å²) in [6, 6.07) is 0. The molecule has 57 valence electrons. The third-order valence-corrected chi connectivity index (χ3v) is 0.348. The number of aliphatic hydroxyl groups is 1. The minimum Gasteiger partial charge on any atom is -0.466 e. The number of aliphatic hydroxyl groups excluding tert-OH is 1. The largest absolute Gasteiger partial charge is 0.466 e. The topological polar surface area (TPSA) is 46.5 Å². The maximum Gasteiger partial charge on any atom is 0.302 e. The first-order chi connectivity index (χ1) is 4.18. The normalized spacial score (nSPS) is 6.40. The molecule has 4 heteroatoms. The van der Waals surface area contributed by atoms with Crippen molar-refractivity contribution in [2.75, 3.05) is 13.2 Å². The first-order valence-electron chi connectivity index (χ1n) is 2.93. The molecule has 0 atom stereocenters. The van der Waals surface area contributed by atoms with Gasteiger partial charge in [-0.1, -0.05) is 0 Å². The predicted molar refractivity (Wildman–Crippen MR) is 40.8 cm³/mol. The van der Waals surface area contributed by atoms with Crippen molar-refractivity contribution in [1.82, 2.24) is 0 Å². The van der Waals surface area contributed by atoms with Crippen LogP contribution in [-0.2, 0) is 9.53 Å². The van der Waals surface area contributed by atoms with Crippen LogP contribution in [0.1, 0.15) is 20.8 Å². The van der Waals surface area contributed by atoms with Crippen molar-refractivity contribution < 1.29 is 14.6 Å². The number of ether oxygens (including phenoxy) is 1. The Morgan fingerprint density at radius 3 is 1.80 bits per heavy atom. The van der Waals surface area contributed by atoms with Crippen molar-refractivity contribution in [1.29, 1.82) is 0 Å². The van der Waals surface area contributed by atoms with E-state index in [1.165, 1.54) is 6.92 Å². The third kappa shape index (κ3) is 39.6. The van der Waals surface area contributed by atoms with Crippen LogP contribution in [0.2, 0.25) is 0 Å². The number of rotatable bonds is 1. The van der Waals surface area contributed by atoms with Crippen LogP contribution in [0.5, 0.6) is 0 Å². The molecule has 10 heavy (non-hydrogen) atoms. The van der Waals surface area contributed by atoms with Gasteiger partial charge in [0, 0.05) is 43.1 Å². The summed E-state index contributed by atoms with van der Waals surface area (Å²) in [5.74, 6) is -0.211. The summed E-state index contributed by atoms with van der Waals surface area (Å²) in [6.07, 6.45) is 0. The molecule has 0 heterocycles. The maximum atomic E-state index is 9.82. The Kier molecular flexibility index (Phi) is 27.2. The number of carbonyl (C=O) groups is 1. The second-order valence-corrected chi connectivity index (χ2v) is 1.24. The van der Waals surface area contributed by atoms with E-state index in [2.05, 4.69) is 4.74 Å². The summed E-state index contributed by atoms with van der Waals surface area (Å²) in [6.45, 7) is 5.58. The van der Waals surface area contributed by atoms with Crippen LogP contribution < -0.4 is 0 Å². The summed E-state index contributed by atoms with van der Waals surface area (Å²) in [4.78, 5) is 9.82. The second-order valence-electron chi connectivity index (χ2n) is 1.24. The van der Waals surface area contributed by atoms with Gasteiger partial charge in [-0.2, -0.15) is 0 Å². The molecule has 1 radical (unpaired) electrons. The van der Waals surface area contributed by atoms with Gasteiger partial charge >= 0.3 is 5.97 Å². The van der Waals surface area contributed by atoms with Crippen molar-refractivity contribution in [3.8, 4) is 0 Å². The molecule has 0 aliphatic carbocycles. The average molecular weight is 157 g/mol. The van der Waals surface area contributed by atoms with Crippen molar-refractivity contribution in [3.05, 3.63) is 0 Å². The Morgan fingerprint density at radius 2 is 1.80 bits per heavy atom. The Morgan fingerprint density at radius 1 is 1.50 bits per heavy atom. The number of esters is 1. The molecule has 0 amide bonds. The fraction of sp³-hybridized carbons (Fsp3) is 0.833. The Bertz CT molecular complexity index is 66.0. The van der Waals surface area contributed by atoms with Crippen LogP contribution in [0.4, 0.5) is 0 Å². The van der Waals surface area contributed by atoms with E-state index in [-0.39, 0.29) is 42.1 Å². The van der Waals surface area contributed by atoms with Crippen LogP contribution >= 0.6 is 0 Å². The molecule has 0 spiro atoms. The maximum absolute atomic E-state index is 9.82. The van der Waals surface area contributed by atoms with Crippen molar-refractivity contribution in [3.63, 3.8) is 0 Å². The van der Waals surface area contributed by atoms with Gasteiger partial charge in [0.25, 0.3) is 0 Å². The third-order valence-electron chi connectivity index (χ3n) is 0.348. The standard InChI is InChI=1S/C4H8O2.C2H6O.Na/c1-3-6-4(2)5;1-2-3;/h3H2,1-2H3;3H,2H2,1H3;. The summed E-state index contributed by atoms with van der Waals surface area (Å²) in [5.41, 5.74) is 0. The van der Waals surface area contributed by atoms with Gasteiger partial charge in [-0.05, 0) is 13.8 Å². The zero-order valence-electron chi connectivity index (χ0n) is 7.18. The van der Waals surface area contributed by atoms with Gasteiger partial charge in [-0.25, -0.2) is 0 Å². The predicted octanol–water partition coefficient (Wildman–Crippen LogP) is 0.187. The summed E-state index contributed by atoms with van der Waals surface area (Å²) in [5, 5.41) is 7.57. The van der Waals surface area contributed by atoms with E-state index in [9.17, 15) is 4.79 Å². The first kappa shape index (κ1) is 16.8. The Labute approximate surface area is 84.1 Å². The van der Waals surface area contributed by atoms with Crippen LogP contribution in [0.25, 0.3) is 0 Å². The van der Waals surface area contributed by atoms with Crippen LogP contribution in [-0.4, -0.2) is 53.8 Å². The molecule has 0 fully saturated rings. The fourth-order valence-electron chi connectivity index (χ4n) is 0.203. The molecular formula is C6H14NaO3. The van der Waals surface area contributed by atoms with Gasteiger partial charge in [0.05, 0.1) is 6.61 Å². The van der Waals surface area contributed by atoms with E-state index >= 15 is 0 Å². The molecule has 0 saturated carbocycles. The van der Waals surface area contributed by atoms with Crippen LogP contribution in [0.3, 0.4) is 0 Å². The number of hydrogen-bond acceptors (Lipinski definition) is 3.